The normalized spacial score (nSPS) is 12.7. The van der Waals surface area contributed by atoms with E-state index in [1.807, 2.05) is 60.7 Å². The molecular formula is C21H23NO3. The fraction of sp³-hybridized carbons (Fsp3) is 0.238. The van der Waals surface area contributed by atoms with Crippen LogP contribution in [0.1, 0.15) is 18.1 Å². The lowest BCUT2D eigenvalue weighted by molar-refractivity contribution is -0.145. The molecule has 0 saturated heterocycles. The third-order valence-corrected chi connectivity index (χ3v) is 3.81. The minimum absolute atomic E-state index is 0.229. The van der Waals surface area contributed by atoms with Crippen LogP contribution in [-0.4, -0.2) is 36.0 Å². The van der Waals surface area contributed by atoms with Crippen molar-refractivity contribution in [2.75, 3.05) is 13.2 Å². The summed E-state index contributed by atoms with van der Waals surface area (Å²) < 4.78 is 5.16. The Bertz CT molecular complexity index is 669. The molecule has 4 heteroatoms. The lowest BCUT2D eigenvalue weighted by Crippen LogP contribution is -2.32. The van der Waals surface area contributed by atoms with Crippen LogP contribution in [0.3, 0.4) is 0 Å². The second-order valence-electron chi connectivity index (χ2n) is 5.49. The van der Waals surface area contributed by atoms with Crippen LogP contribution in [0.4, 0.5) is 0 Å². The Balaban J connectivity index is 2.55. The van der Waals surface area contributed by atoms with Crippen LogP contribution in [0, 0.1) is 5.92 Å². The van der Waals surface area contributed by atoms with Crippen LogP contribution in [-0.2, 0) is 9.53 Å². The van der Waals surface area contributed by atoms with Crippen molar-refractivity contribution in [3.8, 4) is 0 Å². The zero-order chi connectivity index (χ0) is 18.1. The molecule has 0 aliphatic heterocycles. The molecule has 25 heavy (non-hydrogen) atoms. The molecule has 0 heterocycles. The van der Waals surface area contributed by atoms with Crippen LogP contribution in [0.5, 0.6) is 0 Å². The molecule has 0 radical (unpaired) electrons. The summed E-state index contributed by atoms with van der Waals surface area (Å²) in [5.74, 6) is -0.979. The second kappa shape index (κ2) is 9.55. The Labute approximate surface area is 148 Å². The summed E-state index contributed by atoms with van der Waals surface area (Å²) in [6.07, 6.45) is 1.54. The van der Waals surface area contributed by atoms with Crippen molar-refractivity contribution in [1.29, 1.82) is 0 Å². The van der Waals surface area contributed by atoms with Gasteiger partial charge in [0.15, 0.2) is 6.04 Å². The molecule has 130 valence electrons. The van der Waals surface area contributed by atoms with Crippen molar-refractivity contribution in [3.63, 3.8) is 0 Å². The molecule has 2 aromatic carbocycles. The van der Waals surface area contributed by atoms with Gasteiger partial charge in [-0.15, -0.1) is 6.58 Å². The minimum Gasteiger partial charge on any atom is -0.464 e. The maximum absolute atomic E-state index is 12.4. The lowest BCUT2D eigenvalue weighted by Gasteiger charge is -2.19. The highest BCUT2D eigenvalue weighted by atomic mass is 16.5. The molecule has 1 unspecified atom stereocenters. The van der Waals surface area contributed by atoms with Crippen LogP contribution in [0.25, 0.3) is 0 Å². The molecule has 0 saturated carbocycles. The highest BCUT2D eigenvalue weighted by Crippen LogP contribution is 2.17. The van der Waals surface area contributed by atoms with E-state index in [1.54, 1.807) is 13.0 Å². The standard InChI is InChI=1S/C21H23NO3/c1-3-16(15-23)20(21(24)25-4-2)22-19(17-11-7-5-8-12-17)18-13-9-6-10-14-18/h3,5-14,16,20,23H,1,4,15H2,2H3/t16-,20?/m1/s1. The Morgan fingerprint density at radius 1 is 1.12 bits per heavy atom. The second-order valence-corrected chi connectivity index (χ2v) is 5.49. The Hall–Kier alpha value is -2.72. The highest BCUT2D eigenvalue weighted by molar-refractivity contribution is 6.13. The molecule has 0 amide bonds. The topological polar surface area (TPSA) is 58.9 Å². The van der Waals surface area contributed by atoms with E-state index in [1.165, 1.54) is 0 Å². The van der Waals surface area contributed by atoms with Gasteiger partial charge < -0.3 is 9.84 Å². The van der Waals surface area contributed by atoms with E-state index in [4.69, 9.17) is 4.74 Å². The highest BCUT2D eigenvalue weighted by Gasteiger charge is 2.27. The molecule has 0 aliphatic rings. The van der Waals surface area contributed by atoms with Gasteiger partial charge >= 0.3 is 5.97 Å². The number of aliphatic imine (C=N–C) groups is 1. The van der Waals surface area contributed by atoms with Crippen LogP contribution in [0.2, 0.25) is 0 Å². The monoisotopic (exact) mass is 337 g/mol. The molecule has 0 fully saturated rings. The lowest BCUT2D eigenvalue weighted by atomic mass is 9.98. The number of carbonyl (C=O) groups excluding carboxylic acids is 1. The predicted molar refractivity (Wildman–Crippen MR) is 99.7 cm³/mol. The van der Waals surface area contributed by atoms with Gasteiger partial charge in [-0.05, 0) is 6.92 Å². The van der Waals surface area contributed by atoms with Crippen molar-refractivity contribution in [3.05, 3.63) is 84.4 Å². The van der Waals surface area contributed by atoms with Crippen molar-refractivity contribution >= 4 is 11.7 Å². The number of carbonyl (C=O) groups is 1. The quantitative estimate of drug-likeness (QED) is 0.457. The number of hydrogen-bond donors (Lipinski definition) is 1. The first-order valence-corrected chi connectivity index (χ1v) is 8.30. The summed E-state index contributed by atoms with van der Waals surface area (Å²) in [5, 5.41) is 9.62. The Morgan fingerprint density at radius 3 is 2.04 bits per heavy atom. The van der Waals surface area contributed by atoms with Gasteiger partial charge in [-0.1, -0.05) is 66.7 Å². The first-order chi connectivity index (χ1) is 12.2. The minimum atomic E-state index is -0.849. The van der Waals surface area contributed by atoms with Crippen molar-refractivity contribution in [2.24, 2.45) is 10.9 Å². The smallest absolute Gasteiger partial charge is 0.331 e. The van der Waals surface area contributed by atoms with Gasteiger partial charge in [-0.3, -0.25) is 4.99 Å². The largest absolute Gasteiger partial charge is 0.464 e. The van der Waals surface area contributed by atoms with E-state index in [0.29, 0.717) is 5.71 Å². The average Bonchev–Trinajstić information content (AvgIpc) is 2.66. The van der Waals surface area contributed by atoms with E-state index in [0.717, 1.165) is 11.1 Å². The van der Waals surface area contributed by atoms with Crippen LogP contribution >= 0.6 is 0 Å². The number of esters is 1. The summed E-state index contributed by atoms with van der Waals surface area (Å²) in [5.41, 5.74) is 2.46. The molecule has 2 aromatic rings. The molecule has 0 aromatic heterocycles. The first-order valence-electron chi connectivity index (χ1n) is 8.30. The number of aliphatic hydroxyl groups excluding tert-OH is 1. The van der Waals surface area contributed by atoms with Crippen molar-refractivity contribution in [2.45, 2.75) is 13.0 Å². The third-order valence-electron chi connectivity index (χ3n) is 3.81. The maximum Gasteiger partial charge on any atom is 0.331 e. The van der Waals surface area contributed by atoms with Gasteiger partial charge in [-0.2, -0.15) is 0 Å². The van der Waals surface area contributed by atoms with Crippen LogP contribution < -0.4 is 0 Å². The fourth-order valence-electron chi connectivity index (χ4n) is 2.50. The van der Waals surface area contributed by atoms with Gasteiger partial charge in [0, 0.05) is 17.0 Å². The van der Waals surface area contributed by atoms with Gasteiger partial charge in [-0.25, -0.2) is 4.79 Å². The van der Waals surface area contributed by atoms with E-state index in [9.17, 15) is 9.90 Å². The van der Waals surface area contributed by atoms with E-state index < -0.39 is 17.9 Å². The summed E-state index contributed by atoms with van der Waals surface area (Å²) in [7, 11) is 0. The SMILES string of the molecule is C=C[C@H](CO)C(N=C(c1ccccc1)c1ccccc1)C(=O)OCC. The number of aliphatic hydroxyl groups is 1. The zero-order valence-electron chi connectivity index (χ0n) is 14.3. The summed E-state index contributed by atoms with van der Waals surface area (Å²) >= 11 is 0. The van der Waals surface area contributed by atoms with E-state index in [-0.39, 0.29) is 13.2 Å². The summed E-state index contributed by atoms with van der Waals surface area (Å²) in [6, 6.07) is 18.4. The molecular weight excluding hydrogens is 314 g/mol. The molecule has 2 atom stereocenters. The zero-order valence-corrected chi connectivity index (χ0v) is 14.3. The predicted octanol–water partition coefficient (Wildman–Crippen LogP) is 3.25. The van der Waals surface area contributed by atoms with Gasteiger partial charge in [0.2, 0.25) is 0 Å². The average molecular weight is 337 g/mol. The first kappa shape index (κ1) is 18.6. The van der Waals surface area contributed by atoms with Crippen molar-refractivity contribution in [1.82, 2.24) is 0 Å². The number of hydrogen-bond acceptors (Lipinski definition) is 4. The number of benzene rings is 2. The van der Waals surface area contributed by atoms with E-state index in [2.05, 4.69) is 11.6 Å². The summed E-state index contributed by atoms with van der Waals surface area (Å²) in [6.45, 7) is 5.48. The van der Waals surface area contributed by atoms with Gasteiger partial charge in [0.25, 0.3) is 0 Å². The fourth-order valence-corrected chi connectivity index (χ4v) is 2.50. The summed E-state index contributed by atoms with van der Waals surface area (Å²) in [4.78, 5) is 17.1. The molecule has 2 rings (SSSR count). The van der Waals surface area contributed by atoms with Gasteiger partial charge in [0.05, 0.1) is 18.9 Å². The molecule has 1 N–H and O–H groups in total. The molecule has 0 spiro atoms. The number of nitrogens with zero attached hydrogens (tertiary/aromatic N) is 1. The van der Waals surface area contributed by atoms with E-state index >= 15 is 0 Å². The maximum atomic E-state index is 12.4. The Morgan fingerprint density at radius 2 is 1.64 bits per heavy atom. The molecule has 0 aliphatic carbocycles. The van der Waals surface area contributed by atoms with Gasteiger partial charge in [0.1, 0.15) is 0 Å². The number of ether oxygens (including phenoxy) is 1. The molecule has 0 bridgehead atoms. The third kappa shape index (κ3) is 4.88. The Kier molecular flexibility index (Phi) is 7.11. The van der Waals surface area contributed by atoms with Crippen molar-refractivity contribution < 1.29 is 14.6 Å². The number of rotatable bonds is 8. The molecule has 4 nitrogen and oxygen atoms in total. The van der Waals surface area contributed by atoms with Crippen LogP contribution in [0.15, 0.2) is 78.3 Å².